The molecule has 0 aromatic heterocycles. The normalized spacial score (nSPS) is 19.4. The third-order valence-electron chi connectivity index (χ3n) is 6.67. The van der Waals surface area contributed by atoms with Crippen LogP contribution < -0.4 is 10.2 Å². The van der Waals surface area contributed by atoms with Crippen molar-refractivity contribution < 1.29 is 18.0 Å². The van der Waals surface area contributed by atoms with Crippen LogP contribution in [0.1, 0.15) is 58.4 Å². The number of anilines is 1. The quantitative estimate of drug-likeness (QED) is 0.551. The lowest BCUT2D eigenvalue weighted by atomic mass is 10.1. The second-order valence-electron chi connectivity index (χ2n) is 8.89. The van der Waals surface area contributed by atoms with Crippen molar-refractivity contribution in [1.82, 2.24) is 14.5 Å². The van der Waals surface area contributed by atoms with Gasteiger partial charge in [0.1, 0.15) is 6.04 Å². The molecule has 1 aromatic carbocycles. The van der Waals surface area contributed by atoms with Gasteiger partial charge in [-0.3, -0.25) is 14.5 Å². The number of nitrogens with zero attached hydrogens (tertiary/aromatic N) is 3. The monoisotopic (exact) mass is 478 g/mol. The molecule has 2 amide bonds. The molecule has 0 radical (unpaired) electrons. The minimum absolute atomic E-state index is 0.189. The average Bonchev–Trinajstić information content (AvgIpc) is 2.98. The van der Waals surface area contributed by atoms with Gasteiger partial charge in [-0.1, -0.05) is 26.7 Å². The van der Waals surface area contributed by atoms with Crippen molar-refractivity contribution in [2.75, 3.05) is 44.2 Å². The van der Waals surface area contributed by atoms with E-state index < -0.39 is 16.1 Å². The summed E-state index contributed by atoms with van der Waals surface area (Å²) in [5.41, 5.74) is 1.33. The van der Waals surface area contributed by atoms with Gasteiger partial charge in [-0.25, -0.2) is 8.42 Å². The Morgan fingerprint density at radius 2 is 1.76 bits per heavy atom. The second-order valence-corrected chi connectivity index (χ2v) is 10.8. The van der Waals surface area contributed by atoms with Gasteiger partial charge in [0.2, 0.25) is 21.8 Å². The van der Waals surface area contributed by atoms with Crippen molar-refractivity contribution in [3.63, 3.8) is 0 Å². The van der Waals surface area contributed by atoms with Crippen molar-refractivity contribution in [3.05, 3.63) is 23.8 Å². The number of likely N-dealkylation sites (tertiary alicyclic amines) is 1. The molecule has 2 aliphatic rings. The van der Waals surface area contributed by atoms with Crippen LogP contribution in [0, 0.1) is 0 Å². The summed E-state index contributed by atoms with van der Waals surface area (Å²) in [7, 11) is -3.60. The Labute approximate surface area is 198 Å². The van der Waals surface area contributed by atoms with Crippen LogP contribution >= 0.6 is 0 Å². The summed E-state index contributed by atoms with van der Waals surface area (Å²) in [5.74, 6) is -0.414. The topological polar surface area (TPSA) is 90.0 Å². The molecule has 33 heavy (non-hydrogen) atoms. The smallest absolute Gasteiger partial charge is 0.243 e. The summed E-state index contributed by atoms with van der Waals surface area (Å²) in [6, 6.07) is 4.15. The fraction of sp³-hybridized carbons (Fsp3) is 0.667. The van der Waals surface area contributed by atoms with E-state index in [9.17, 15) is 18.0 Å². The number of benzene rings is 1. The third kappa shape index (κ3) is 5.94. The molecule has 0 spiro atoms. The molecule has 0 saturated carbocycles. The zero-order chi connectivity index (χ0) is 24.0. The van der Waals surface area contributed by atoms with Crippen LogP contribution in [0.2, 0.25) is 0 Å². The zero-order valence-electron chi connectivity index (χ0n) is 20.2. The van der Waals surface area contributed by atoms with E-state index in [1.54, 1.807) is 26.0 Å². The molecule has 3 rings (SSSR count). The number of hydrogen-bond acceptors (Lipinski definition) is 5. The summed E-state index contributed by atoms with van der Waals surface area (Å²) in [6.07, 6.45) is 6.27. The summed E-state index contributed by atoms with van der Waals surface area (Å²) in [6.45, 7) is 9.61. The van der Waals surface area contributed by atoms with Gasteiger partial charge in [-0.05, 0) is 62.7 Å². The number of rotatable bonds is 9. The Bertz CT molecular complexity index is 938. The SMILES string of the molecule is CCN(CC)S(=O)(=O)c1ccc2c(c1)CC(C(=O)NCCCN1CCCCCC1)N2C(C)=O. The first-order valence-electron chi connectivity index (χ1n) is 12.2. The van der Waals surface area contributed by atoms with E-state index in [0.717, 1.165) is 26.1 Å². The largest absolute Gasteiger partial charge is 0.354 e. The third-order valence-corrected chi connectivity index (χ3v) is 8.72. The lowest BCUT2D eigenvalue weighted by Gasteiger charge is -2.24. The van der Waals surface area contributed by atoms with Gasteiger partial charge >= 0.3 is 0 Å². The summed E-state index contributed by atoms with van der Waals surface area (Å²) in [4.78, 5) is 29.5. The molecule has 184 valence electrons. The van der Waals surface area contributed by atoms with E-state index >= 15 is 0 Å². The molecule has 1 fully saturated rings. The minimum Gasteiger partial charge on any atom is -0.354 e. The first kappa shape index (κ1) is 25.6. The molecule has 1 saturated heterocycles. The number of nitrogens with one attached hydrogen (secondary N) is 1. The molecule has 2 heterocycles. The Hall–Kier alpha value is -1.97. The number of fused-ring (bicyclic) bond motifs is 1. The number of carbonyl (C=O) groups is 2. The first-order chi connectivity index (χ1) is 15.8. The molecule has 2 aliphatic heterocycles. The van der Waals surface area contributed by atoms with E-state index in [1.165, 1.54) is 47.9 Å². The fourth-order valence-corrected chi connectivity index (χ4v) is 6.40. The van der Waals surface area contributed by atoms with Crippen LogP contribution in [0.25, 0.3) is 0 Å². The number of hydrogen-bond donors (Lipinski definition) is 1. The van der Waals surface area contributed by atoms with Gasteiger partial charge in [-0.15, -0.1) is 0 Å². The van der Waals surface area contributed by atoms with Crippen LogP contribution in [0.15, 0.2) is 23.1 Å². The summed E-state index contributed by atoms with van der Waals surface area (Å²) >= 11 is 0. The van der Waals surface area contributed by atoms with Crippen molar-refractivity contribution in [1.29, 1.82) is 0 Å². The fourth-order valence-electron chi connectivity index (χ4n) is 4.89. The molecule has 1 unspecified atom stereocenters. The Morgan fingerprint density at radius 1 is 1.09 bits per heavy atom. The van der Waals surface area contributed by atoms with Gasteiger partial charge in [-0.2, -0.15) is 4.31 Å². The molecule has 0 bridgehead atoms. The van der Waals surface area contributed by atoms with Crippen molar-refractivity contribution in [3.8, 4) is 0 Å². The van der Waals surface area contributed by atoms with Gasteiger partial charge in [0.05, 0.1) is 4.90 Å². The number of amides is 2. The molecule has 8 nitrogen and oxygen atoms in total. The van der Waals surface area contributed by atoms with Crippen LogP contribution in [0.3, 0.4) is 0 Å². The highest BCUT2D eigenvalue weighted by atomic mass is 32.2. The lowest BCUT2D eigenvalue weighted by molar-refractivity contribution is -0.125. The maximum absolute atomic E-state index is 13.0. The molecule has 0 aliphatic carbocycles. The van der Waals surface area contributed by atoms with Gasteiger partial charge < -0.3 is 10.2 Å². The van der Waals surface area contributed by atoms with Crippen molar-refractivity contribution in [2.24, 2.45) is 0 Å². The van der Waals surface area contributed by atoms with Crippen LogP contribution in [-0.2, 0) is 26.0 Å². The van der Waals surface area contributed by atoms with E-state index in [4.69, 9.17) is 0 Å². The molecule has 9 heteroatoms. The minimum atomic E-state index is -3.60. The van der Waals surface area contributed by atoms with Crippen LogP contribution in [0.4, 0.5) is 5.69 Å². The number of carbonyl (C=O) groups excluding carboxylic acids is 2. The Morgan fingerprint density at radius 3 is 2.36 bits per heavy atom. The molecule has 1 aromatic rings. The van der Waals surface area contributed by atoms with Gasteiger partial charge in [0.25, 0.3) is 0 Å². The van der Waals surface area contributed by atoms with Crippen LogP contribution in [0.5, 0.6) is 0 Å². The summed E-state index contributed by atoms with van der Waals surface area (Å²) < 4.78 is 27.2. The Kier molecular flexibility index (Phi) is 8.89. The lowest BCUT2D eigenvalue weighted by Crippen LogP contribution is -2.47. The van der Waals surface area contributed by atoms with Gasteiger partial charge in [0, 0.05) is 38.7 Å². The summed E-state index contributed by atoms with van der Waals surface area (Å²) in [5, 5.41) is 2.99. The highest BCUT2D eigenvalue weighted by molar-refractivity contribution is 7.89. The number of sulfonamides is 1. The van der Waals surface area contributed by atoms with E-state index in [0.29, 0.717) is 37.3 Å². The van der Waals surface area contributed by atoms with Crippen LogP contribution in [-0.4, -0.2) is 74.7 Å². The predicted molar refractivity (Wildman–Crippen MR) is 130 cm³/mol. The average molecular weight is 479 g/mol. The van der Waals surface area contributed by atoms with Gasteiger partial charge in [0.15, 0.2) is 0 Å². The molecular formula is C24H38N4O4S. The molecule has 1 atom stereocenters. The van der Waals surface area contributed by atoms with E-state index in [2.05, 4.69) is 10.2 Å². The first-order valence-corrected chi connectivity index (χ1v) is 13.7. The Balaban J connectivity index is 1.66. The predicted octanol–water partition coefficient (Wildman–Crippen LogP) is 2.38. The van der Waals surface area contributed by atoms with Crippen molar-refractivity contribution in [2.45, 2.75) is 70.2 Å². The molecular weight excluding hydrogens is 440 g/mol. The van der Waals surface area contributed by atoms with Crippen molar-refractivity contribution >= 4 is 27.5 Å². The maximum Gasteiger partial charge on any atom is 0.243 e. The highest BCUT2D eigenvalue weighted by Crippen LogP contribution is 2.34. The highest BCUT2D eigenvalue weighted by Gasteiger charge is 2.37. The molecule has 1 N–H and O–H groups in total. The second kappa shape index (κ2) is 11.4. The standard InChI is InChI=1S/C24H38N4O4S/c1-4-27(5-2)33(31,32)21-11-12-22-20(17-21)18-23(28(22)19(3)29)24(30)25-13-10-16-26-14-8-6-7-9-15-26/h11-12,17,23H,4-10,13-16,18H2,1-3H3,(H,25,30). The maximum atomic E-state index is 13.0. The zero-order valence-corrected chi connectivity index (χ0v) is 21.0. The van der Waals surface area contributed by atoms with E-state index in [-0.39, 0.29) is 16.7 Å². The van der Waals surface area contributed by atoms with E-state index in [1.807, 2.05) is 0 Å².